The van der Waals surface area contributed by atoms with Gasteiger partial charge in [-0.15, -0.1) is 0 Å². The zero-order valence-electron chi connectivity index (χ0n) is 20.2. The van der Waals surface area contributed by atoms with Crippen LogP contribution in [0.25, 0.3) is 0 Å². The Bertz CT molecular complexity index is 977. The van der Waals surface area contributed by atoms with Crippen molar-refractivity contribution in [3.8, 4) is 5.75 Å². The lowest BCUT2D eigenvalue weighted by Crippen LogP contribution is -2.46. The van der Waals surface area contributed by atoms with Gasteiger partial charge in [-0.05, 0) is 56.4 Å². The molecular formula is C27H34ClFN2O3. The molecule has 2 aromatic carbocycles. The summed E-state index contributed by atoms with van der Waals surface area (Å²) in [6, 6.07) is 11.5. The van der Waals surface area contributed by atoms with E-state index in [9.17, 15) is 14.0 Å². The van der Waals surface area contributed by atoms with Crippen LogP contribution in [0.15, 0.2) is 42.5 Å². The van der Waals surface area contributed by atoms with Gasteiger partial charge in [-0.3, -0.25) is 9.59 Å². The quantitative estimate of drug-likeness (QED) is 0.550. The Hall–Kier alpha value is -2.60. The van der Waals surface area contributed by atoms with Crippen molar-refractivity contribution in [2.45, 2.75) is 52.5 Å². The van der Waals surface area contributed by atoms with Gasteiger partial charge in [-0.25, -0.2) is 4.39 Å². The molecule has 1 aliphatic rings. The molecule has 184 valence electrons. The number of hydrogen-bond acceptors (Lipinski definition) is 3. The molecule has 1 aliphatic heterocycles. The first-order valence-corrected chi connectivity index (χ1v) is 12.4. The van der Waals surface area contributed by atoms with Gasteiger partial charge >= 0.3 is 0 Å². The molecule has 0 aliphatic carbocycles. The number of rotatable bonds is 5. The molecule has 1 atom stereocenters. The lowest BCUT2D eigenvalue weighted by molar-refractivity contribution is -0.134. The van der Waals surface area contributed by atoms with Gasteiger partial charge in [0.2, 0.25) is 5.91 Å². The molecular weight excluding hydrogens is 455 g/mol. The van der Waals surface area contributed by atoms with Gasteiger partial charge in [0.15, 0.2) is 0 Å². The van der Waals surface area contributed by atoms with Gasteiger partial charge in [0.25, 0.3) is 5.91 Å². The fourth-order valence-corrected chi connectivity index (χ4v) is 4.64. The summed E-state index contributed by atoms with van der Waals surface area (Å²) in [4.78, 5) is 30.2. The minimum atomic E-state index is -0.474. The first-order chi connectivity index (χ1) is 16.3. The van der Waals surface area contributed by atoms with Gasteiger partial charge in [-0.2, -0.15) is 0 Å². The summed E-state index contributed by atoms with van der Waals surface area (Å²) in [5.41, 5.74) is 0.752. The van der Waals surface area contributed by atoms with Crippen molar-refractivity contribution >= 4 is 23.4 Å². The van der Waals surface area contributed by atoms with Crippen molar-refractivity contribution in [3.63, 3.8) is 0 Å². The molecule has 0 radical (unpaired) electrons. The van der Waals surface area contributed by atoms with E-state index >= 15 is 0 Å². The summed E-state index contributed by atoms with van der Waals surface area (Å²) < 4.78 is 20.6. The number of benzene rings is 2. The van der Waals surface area contributed by atoms with E-state index in [2.05, 4.69) is 13.8 Å². The second-order valence-electron chi connectivity index (χ2n) is 9.15. The predicted octanol–water partition coefficient (Wildman–Crippen LogP) is 5.60. The SMILES string of the molecule is CCN1CCCCN(C(=O)Cc2c(F)cccc2Cl)[C@@H](CC(C)C)COc2ccccc2C1=O. The fraction of sp³-hybridized carbons (Fsp3) is 0.481. The highest BCUT2D eigenvalue weighted by atomic mass is 35.5. The van der Waals surface area contributed by atoms with Crippen LogP contribution in [0.4, 0.5) is 4.39 Å². The zero-order valence-corrected chi connectivity index (χ0v) is 21.0. The maximum absolute atomic E-state index is 14.4. The number of carbonyl (C=O) groups is 2. The molecule has 0 bridgehead atoms. The Kier molecular flexibility index (Phi) is 9.34. The third-order valence-corrected chi connectivity index (χ3v) is 6.54. The van der Waals surface area contributed by atoms with Gasteiger partial charge in [0, 0.05) is 30.2 Å². The summed E-state index contributed by atoms with van der Waals surface area (Å²) in [7, 11) is 0. The standard InChI is InChI=1S/C27H34ClFN2O3/c1-4-30-14-7-8-15-31(26(32)17-22-23(28)11-9-12-24(22)29)20(16-19(2)3)18-34-25-13-6-5-10-21(25)27(30)33/h5-6,9-13,19-20H,4,7-8,14-18H2,1-3H3/t20-/m0/s1. The molecule has 0 N–H and O–H groups in total. The summed E-state index contributed by atoms with van der Waals surface area (Å²) >= 11 is 6.21. The molecule has 2 aromatic rings. The Labute approximate surface area is 206 Å². The first-order valence-electron chi connectivity index (χ1n) is 12.0. The normalized spacial score (nSPS) is 17.6. The maximum atomic E-state index is 14.4. The number of fused-ring (bicyclic) bond motifs is 1. The minimum Gasteiger partial charge on any atom is -0.491 e. The number of hydrogen-bond donors (Lipinski definition) is 0. The zero-order chi connectivity index (χ0) is 24.7. The lowest BCUT2D eigenvalue weighted by atomic mass is 10.0. The number of halogens is 2. The van der Waals surface area contributed by atoms with Crippen LogP contribution in [0.5, 0.6) is 5.75 Å². The van der Waals surface area contributed by atoms with Crippen molar-refractivity contribution in [2.24, 2.45) is 5.92 Å². The number of carbonyl (C=O) groups excluding carboxylic acids is 2. The van der Waals surface area contributed by atoms with E-state index in [0.29, 0.717) is 36.9 Å². The second-order valence-corrected chi connectivity index (χ2v) is 9.55. The van der Waals surface area contributed by atoms with Crippen LogP contribution in [-0.4, -0.2) is 53.9 Å². The van der Waals surface area contributed by atoms with Crippen LogP contribution in [-0.2, 0) is 11.2 Å². The van der Waals surface area contributed by atoms with Crippen molar-refractivity contribution in [2.75, 3.05) is 26.2 Å². The lowest BCUT2D eigenvalue weighted by Gasteiger charge is -2.34. The smallest absolute Gasteiger partial charge is 0.257 e. The molecule has 0 spiro atoms. The number of para-hydroxylation sites is 1. The first kappa shape index (κ1) is 26.0. The molecule has 0 unspecified atom stereocenters. The Morgan fingerprint density at radius 1 is 1.15 bits per heavy atom. The van der Waals surface area contributed by atoms with E-state index in [1.807, 2.05) is 24.0 Å². The van der Waals surface area contributed by atoms with E-state index < -0.39 is 5.82 Å². The van der Waals surface area contributed by atoms with E-state index in [1.165, 1.54) is 12.1 Å². The summed E-state index contributed by atoms with van der Waals surface area (Å²) in [6.07, 6.45) is 2.13. The molecule has 0 aromatic heterocycles. The third kappa shape index (κ3) is 6.50. The molecule has 0 fully saturated rings. The number of amides is 2. The molecule has 1 heterocycles. The van der Waals surface area contributed by atoms with Crippen molar-refractivity contribution in [1.82, 2.24) is 9.80 Å². The van der Waals surface area contributed by atoms with Crippen molar-refractivity contribution in [1.29, 1.82) is 0 Å². The highest BCUT2D eigenvalue weighted by Gasteiger charge is 2.28. The minimum absolute atomic E-state index is 0.0405. The van der Waals surface area contributed by atoms with Crippen LogP contribution in [0.2, 0.25) is 5.02 Å². The topological polar surface area (TPSA) is 49.9 Å². The summed E-state index contributed by atoms with van der Waals surface area (Å²) in [6.45, 7) is 8.12. The van der Waals surface area contributed by atoms with Crippen molar-refractivity contribution < 1.29 is 18.7 Å². The van der Waals surface area contributed by atoms with E-state index in [0.717, 1.165) is 19.3 Å². The van der Waals surface area contributed by atoms with Crippen LogP contribution in [0, 0.1) is 11.7 Å². The van der Waals surface area contributed by atoms with Gasteiger partial charge in [-0.1, -0.05) is 43.6 Å². The molecule has 2 amide bonds. The third-order valence-electron chi connectivity index (χ3n) is 6.19. The Balaban J connectivity index is 1.92. The molecule has 5 nitrogen and oxygen atoms in total. The Morgan fingerprint density at radius 2 is 1.88 bits per heavy atom. The average Bonchev–Trinajstić information content (AvgIpc) is 2.80. The fourth-order valence-electron chi connectivity index (χ4n) is 4.41. The molecule has 0 saturated heterocycles. The van der Waals surface area contributed by atoms with E-state index in [4.69, 9.17) is 16.3 Å². The second kappa shape index (κ2) is 12.2. The van der Waals surface area contributed by atoms with Gasteiger partial charge in [0.1, 0.15) is 18.2 Å². The van der Waals surface area contributed by atoms with Crippen LogP contribution in [0.1, 0.15) is 56.0 Å². The summed E-state index contributed by atoms with van der Waals surface area (Å²) in [5.74, 6) is 0.153. The van der Waals surface area contributed by atoms with Gasteiger partial charge < -0.3 is 14.5 Å². The molecule has 3 rings (SSSR count). The molecule has 7 heteroatoms. The predicted molar refractivity (Wildman–Crippen MR) is 133 cm³/mol. The van der Waals surface area contributed by atoms with Crippen LogP contribution < -0.4 is 4.74 Å². The van der Waals surface area contributed by atoms with E-state index in [-0.39, 0.29) is 41.5 Å². The highest BCUT2D eigenvalue weighted by molar-refractivity contribution is 6.31. The van der Waals surface area contributed by atoms with Crippen LogP contribution in [0.3, 0.4) is 0 Å². The Morgan fingerprint density at radius 3 is 2.59 bits per heavy atom. The molecule has 0 saturated carbocycles. The summed E-state index contributed by atoms with van der Waals surface area (Å²) in [5, 5.41) is 0.255. The monoisotopic (exact) mass is 488 g/mol. The molecule has 34 heavy (non-hydrogen) atoms. The maximum Gasteiger partial charge on any atom is 0.257 e. The average molecular weight is 489 g/mol. The highest BCUT2D eigenvalue weighted by Crippen LogP contribution is 2.25. The van der Waals surface area contributed by atoms with E-state index in [1.54, 1.807) is 23.1 Å². The number of nitrogens with zero attached hydrogens (tertiary/aromatic N) is 2. The van der Waals surface area contributed by atoms with Crippen LogP contribution >= 0.6 is 11.6 Å². The largest absolute Gasteiger partial charge is 0.491 e. The van der Waals surface area contributed by atoms with Crippen molar-refractivity contribution in [3.05, 3.63) is 64.4 Å². The number of ether oxygens (including phenoxy) is 1. The van der Waals surface area contributed by atoms with Gasteiger partial charge in [0.05, 0.1) is 18.0 Å².